The van der Waals surface area contributed by atoms with Crippen molar-refractivity contribution in [3.8, 4) is 0 Å². The molecule has 0 amide bonds. The van der Waals surface area contributed by atoms with Gasteiger partial charge in [-0.25, -0.2) is 0 Å². The molecular formula is C11H17N2. The second-order valence-electron chi connectivity index (χ2n) is 3.56. The summed E-state index contributed by atoms with van der Waals surface area (Å²) in [6, 6.07) is 6.21. The van der Waals surface area contributed by atoms with E-state index in [4.69, 9.17) is 0 Å². The molecule has 0 aliphatic rings. The summed E-state index contributed by atoms with van der Waals surface area (Å²) in [6.07, 6.45) is 0. The minimum Gasteiger partial charge on any atom is -0.377 e. The molecule has 0 heterocycles. The Morgan fingerprint density at radius 3 is 1.62 bits per heavy atom. The van der Waals surface area contributed by atoms with E-state index < -0.39 is 0 Å². The van der Waals surface area contributed by atoms with Crippen LogP contribution in [0.15, 0.2) is 18.2 Å². The van der Waals surface area contributed by atoms with Gasteiger partial charge in [-0.3, -0.25) is 0 Å². The van der Waals surface area contributed by atoms with Gasteiger partial charge in [0.1, 0.15) is 0 Å². The van der Waals surface area contributed by atoms with Crippen molar-refractivity contribution >= 4 is 11.4 Å². The van der Waals surface area contributed by atoms with Gasteiger partial charge in [-0.2, -0.15) is 0 Å². The zero-order chi connectivity index (χ0) is 10.0. The van der Waals surface area contributed by atoms with Crippen LogP contribution in [-0.2, 0) is 0 Å². The lowest BCUT2D eigenvalue weighted by Gasteiger charge is -2.21. The first-order chi connectivity index (χ1) is 6.04. The van der Waals surface area contributed by atoms with Gasteiger partial charge in [0.05, 0.1) is 0 Å². The van der Waals surface area contributed by atoms with Crippen LogP contribution in [-0.4, -0.2) is 28.2 Å². The molecule has 0 aliphatic heterocycles. The van der Waals surface area contributed by atoms with Crippen LogP contribution >= 0.6 is 0 Å². The van der Waals surface area contributed by atoms with Gasteiger partial charge >= 0.3 is 0 Å². The van der Waals surface area contributed by atoms with Gasteiger partial charge in [-0.05, 0) is 24.6 Å². The molecule has 0 N–H and O–H groups in total. The van der Waals surface area contributed by atoms with E-state index >= 15 is 0 Å². The summed E-state index contributed by atoms with van der Waals surface area (Å²) in [5, 5.41) is 0. The summed E-state index contributed by atoms with van der Waals surface area (Å²) in [7, 11) is 8.12. The van der Waals surface area contributed by atoms with Crippen molar-refractivity contribution in [1.82, 2.24) is 0 Å². The van der Waals surface area contributed by atoms with Gasteiger partial charge in [0.25, 0.3) is 0 Å². The highest BCUT2D eigenvalue weighted by Crippen LogP contribution is 2.26. The van der Waals surface area contributed by atoms with Crippen LogP contribution in [0, 0.1) is 6.92 Å². The molecule has 0 spiro atoms. The maximum Gasteiger partial charge on any atom is 0.0414 e. The molecule has 0 unspecified atom stereocenters. The minimum absolute atomic E-state index is 1.08. The quantitative estimate of drug-likeness (QED) is 0.681. The number of benzene rings is 1. The standard InChI is InChI=1S/C11H17N2/c1-9-10(12(2)3)7-6-8-11(9)13(4)5/h6-8H,1H2,2-5H3. The Labute approximate surface area is 80.8 Å². The van der Waals surface area contributed by atoms with Crippen molar-refractivity contribution in [2.45, 2.75) is 0 Å². The Morgan fingerprint density at radius 1 is 0.923 bits per heavy atom. The number of anilines is 2. The average molecular weight is 177 g/mol. The van der Waals surface area contributed by atoms with E-state index in [1.165, 1.54) is 11.4 Å². The molecule has 2 nitrogen and oxygen atoms in total. The molecule has 0 bridgehead atoms. The first kappa shape index (κ1) is 9.90. The zero-order valence-corrected chi connectivity index (χ0v) is 8.83. The van der Waals surface area contributed by atoms with E-state index in [-0.39, 0.29) is 0 Å². The molecule has 13 heavy (non-hydrogen) atoms. The first-order valence-corrected chi connectivity index (χ1v) is 4.33. The molecule has 0 aromatic heterocycles. The second kappa shape index (κ2) is 3.69. The molecule has 0 fully saturated rings. The molecular weight excluding hydrogens is 160 g/mol. The van der Waals surface area contributed by atoms with Crippen molar-refractivity contribution < 1.29 is 0 Å². The molecule has 0 saturated carbocycles. The number of hydrogen-bond donors (Lipinski definition) is 0. The van der Waals surface area contributed by atoms with Crippen LogP contribution in [0.4, 0.5) is 11.4 Å². The summed E-state index contributed by atoms with van der Waals surface area (Å²) < 4.78 is 0. The first-order valence-electron chi connectivity index (χ1n) is 4.33. The van der Waals surface area contributed by atoms with Gasteiger partial charge in [0.2, 0.25) is 0 Å². The van der Waals surface area contributed by atoms with Gasteiger partial charge in [-0.1, -0.05) is 6.07 Å². The number of rotatable bonds is 2. The van der Waals surface area contributed by atoms with E-state index in [1.54, 1.807) is 0 Å². The van der Waals surface area contributed by atoms with Crippen molar-refractivity contribution in [3.05, 3.63) is 30.7 Å². The predicted molar refractivity (Wildman–Crippen MR) is 59.6 cm³/mol. The molecule has 0 atom stereocenters. The van der Waals surface area contributed by atoms with E-state index in [0.29, 0.717) is 0 Å². The minimum atomic E-state index is 1.08. The molecule has 0 aliphatic carbocycles. The Balaban J connectivity index is 3.18. The molecule has 1 rings (SSSR count). The Bertz CT molecular complexity index is 264. The highest BCUT2D eigenvalue weighted by atomic mass is 15.1. The fraction of sp³-hybridized carbons (Fsp3) is 0.364. The van der Waals surface area contributed by atoms with Crippen molar-refractivity contribution in [1.29, 1.82) is 0 Å². The van der Waals surface area contributed by atoms with Gasteiger partial charge < -0.3 is 9.80 Å². The third kappa shape index (κ3) is 1.94. The van der Waals surface area contributed by atoms with Crippen LogP contribution in [0.1, 0.15) is 5.56 Å². The fourth-order valence-electron chi connectivity index (χ4n) is 1.40. The topological polar surface area (TPSA) is 6.48 Å². The highest BCUT2D eigenvalue weighted by Gasteiger charge is 2.05. The lowest BCUT2D eigenvalue weighted by molar-refractivity contribution is 1.09. The predicted octanol–water partition coefficient (Wildman–Crippen LogP) is 2.00. The summed E-state index contributed by atoms with van der Waals surface area (Å²) in [5.74, 6) is 0. The Morgan fingerprint density at radius 2 is 1.31 bits per heavy atom. The normalized spacial score (nSPS) is 9.92. The number of nitrogens with zero attached hydrogens (tertiary/aromatic N) is 2. The third-order valence-electron chi connectivity index (χ3n) is 2.09. The maximum atomic E-state index is 4.08. The average Bonchev–Trinajstić information content (AvgIpc) is 2.03. The monoisotopic (exact) mass is 177 g/mol. The van der Waals surface area contributed by atoms with E-state index in [0.717, 1.165) is 5.56 Å². The summed E-state index contributed by atoms with van der Waals surface area (Å²) >= 11 is 0. The van der Waals surface area contributed by atoms with E-state index in [2.05, 4.69) is 34.9 Å². The van der Waals surface area contributed by atoms with Crippen molar-refractivity contribution in [3.63, 3.8) is 0 Å². The van der Waals surface area contributed by atoms with Gasteiger partial charge in [-0.15, -0.1) is 0 Å². The second-order valence-corrected chi connectivity index (χ2v) is 3.56. The molecule has 71 valence electrons. The Hall–Kier alpha value is -1.18. The van der Waals surface area contributed by atoms with Crippen molar-refractivity contribution in [2.75, 3.05) is 38.0 Å². The summed E-state index contributed by atoms with van der Waals surface area (Å²) in [6.45, 7) is 4.08. The lowest BCUT2D eigenvalue weighted by Crippen LogP contribution is -2.14. The largest absolute Gasteiger partial charge is 0.377 e. The molecule has 1 radical (unpaired) electrons. The lowest BCUT2D eigenvalue weighted by atomic mass is 10.1. The molecule has 1 aromatic rings. The molecule has 2 heteroatoms. The molecule has 0 saturated heterocycles. The Kier molecular flexibility index (Phi) is 2.81. The van der Waals surface area contributed by atoms with Crippen LogP contribution in [0.25, 0.3) is 0 Å². The van der Waals surface area contributed by atoms with Crippen LogP contribution in [0.2, 0.25) is 0 Å². The zero-order valence-electron chi connectivity index (χ0n) is 8.83. The highest BCUT2D eigenvalue weighted by molar-refractivity contribution is 5.68. The van der Waals surface area contributed by atoms with E-state index in [9.17, 15) is 0 Å². The SMILES string of the molecule is [CH2]c1c(N(C)C)cccc1N(C)C. The van der Waals surface area contributed by atoms with Gasteiger partial charge in [0.15, 0.2) is 0 Å². The van der Waals surface area contributed by atoms with Crippen molar-refractivity contribution in [2.24, 2.45) is 0 Å². The van der Waals surface area contributed by atoms with Crippen LogP contribution in [0.5, 0.6) is 0 Å². The fourth-order valence-corrected chi connectivity index (χ4v) is 1.40. The van der Waals surface area contributed by atoms with Gasteiger partial charge in [0, 0.05) is 39.6 Å². The summed E-state index contributed by atoms with van der Waals surface area (Å²) in [5.41, 5.74) is 3.43. The smallest absolute Gasteiger partial charge is 0.0414 e. The summed E-state index contributed by atoms with van der Waals surface area (Å²) in [4.78, 5) is 4.16. The van der Waals surface area contributed by atoms with E-state index in [1.807, 2.05) is 28.2 Å². The van der Waals surface area contributed by atoms with Crippen LogP contribution < -0.4 is 9.80 Å². The van der Waals surface area contributed by atoms with Crippen LogP contribution in [0.3, 0.4) is 0 Å². The maximum absolute atomic E-state index is 4.08. The number of hydrogen-bond acceptors (Lipinski definition) is 2. The third-order valence-corrected chi connectivity index (χ3v) is 2.09. The molecule has 1 aromatic carbocycles.